The summed E-state index contributed by atoms with van der Waals surface area (Å²) in [6.45, 7) is 5.25. The molecule has 2 rings (SSSR count). The number of nitrogens with one attached hydrogen (secondary N) is 1. The van der Waals surface area contributed by atoms with Gasteiger partial charge in [0.2, 0.25) is 0 Å². The minimum atomic E-state index is -0.442. The number of carbonyl (C=O) groups excluding carboxylic acids is 2. The van der Waals surface area contributed by atoms with Crippen LogP contribution in [0.15, 0.2) is 22.7 Å². The molecule has 96 valence electrons. The molecule has 0 radical (unpaired) electrons. The molecule has 4 nitrogen and oxygen atoms in total. The highest BCUT2D eigenvalue weighted by Crippen LogP contribution is 2.35. The lowest BCUT2D eigenvalue weighted by molar-refractivity contribution is -0.114. The molecule has 0 spiro atoms. The van der Waals surface area contributed by atoms with E-state index >= 15 is 0 Å². The van der Waals surface area contributed by atoms with Gasteiger partial charge >= 0.3 is 0 Å². The van der Waals surface area contributed by atoms with Gasteiger partial charge in [0.05, 0.1) is 11.3 Å². The number of carbonyl (C=O) groups is 2. The lowest BCUT2D eigenvalue weighted by atomic mass is 10.1. The number of nitrogens with zero attached hydrogens (tertiary/aromatic N) is 1. The summed E-state index contributed by atoms with van der Waals surface area (Å²) in [6, 6.07) is 5.66. The Morgan fingerprint density at radius 1 is 1.33 bits per heavy atom. The van der Waals surface area contributed by atoms with Crippen molar-refractivity contribution in [2.24, 2.45) is 0 Å². The summed E-state index contributed by atoms with van der Waals surface area (Å²) in [5, 5.41) is 3.24. The summed E-state index contributed by atoms with van der Waals surface area (Å²) in [4.78, 5) is 25.3. The maximum atomic E-state index is 11.9. The molecule has 1 aromatic carbocycles. The Balaban J connectivity index is 2.23. The largest absolute Gasteiger partial charge is 0.313 e. The zero-order valence-electron chi connectivity index (χ0n) is 10.4. The van der Waals surface area contributed by atoms with E-state index in [9.17, 15) is 9.59 Å². The summed E-state index contributed by atoms with van der Waals surface area (Å²) < 4.78 is 0.781. The first-order valence-corrected chi connectivity index (χ1v) is 6.69. The van der Waals surface area contributed by atoms with E-state index in [-0.39, 0.29) is 0 Å². The molecule has 0 aromatic heterocycles. The van der Waals surface area contributed by atoms with Gasteiger partial charge in [-0.15, -0.1) is 0 Å². The van der Waals surface area contributed by atoms with Crippen LogP contribution in [0.1, 0.15) is 24.2 Å². The van der Waals surface area contributed by atoms with Crippen LogP contribution in [0.4, 0.5) is 5.69 Å². The second-order valence-corrected chi connectivity index (χ2v) is 5.39. The average molecular weight is 311 g/mol. The predicted octanol–water partition coefficient (Wildman–Crippen LogP) is 1.98. The third-order valence-electron chi connectivity index (χ3n) is 2.83. The first-order chi connectivity index (χ1) is 8.52. The van der Waals surface area contributed by atoms with Gasteiger partial charge < -0.3 is 10.2 Å². The number of fused-ring (bicyclic) bond motifs is 1. The van der Waals surface area contributed by atoms with Crippen LogP contribution in [0, 0.1) is 0 Å². The van der Waals surface area contributed by atoms with Crippen LogP contribution in [0.5, 0.6) is 0 Å². The van der Waals surface area contributed by atoms with Gasteiger partial charge in [-0.1, -0.05) is 19.9 Å². The van der Waals surface area contributed by atoms with Crippen molar-refractivity contribution < 1.29 is 9.59 Å². The van der Waals surface area contributed by atoms with E-state index in [1.165, 1.54) is 4.90 Å². The fraction of sp³-hybridized carbons (Fsp3) is 0.385. The fourth-order valence-electron chi connectivity index (χ4n) is 1.99. The van der Waals surface area contributed by atoms with Gasteiger partial charge in [-0.05, 0) is 28.1 Å². The number of rotatable bonds is 4. The van der Waals surface area contributed by atoms with Gasteiger partial charge in [0.15, 0.2) is 0 Å². The predicted molar refractivity (Wildman–Crippen MR) is 74.0 cm³/mol. The minimum absolute atomic E-state index is 0.358. The molecular weight excluding hydrogens is 296 g/mol. The van der Waals surface area contributed by atoms with E-state index in [0.717, 1.165) is 4.47 Å². The molecule has 18 heavy (non-hydrogen) atoms. The smallest absolute Gasteiger partial charge is 0.299 e. The van der Waals surface area contributed by atoms with Gasteiger partial charge in [-0.2, -0.15) is 0 Å². The quantitative estimate of drug-likeness (QED) is 0.865. The van der Waals surface area contributed by atoms with Crippen LogP contribution in [0.3, 0.4) is 0 Å². The molecule has 0 saturated carbocycles. The summed E-state index contributed by atoms with van der Waals surface area (Å²) in [5.41, 5.74) is 1.18. The Morgan fingerprint density at radius 2 is 2.06 bits per heavy atom. The fourth-order valence-corrected chi connectivity index (χ4v) is 2.57. The molecule has 0 fully saturated rings. The van der Waals surface area contributed by atoms with Gasteiger partial charge in [0.25, 0.3) is 11.7 Å². The topological polar surface area (TPSA) is 49.4 Å². The Hall–Kier alpha value is -1.20. The molecule has 0 bridgehead atoms. The van der Waals surface area contributed by atoms with Crippen LogP contribution in [0.2, 0.25) is 0 Å². The van der Waals surface area contributed by atoms with Gasteiger partial charge in [-0.25, -0.2) is 0 Å². The molecule has 0 saturated heterocycles. The second-order valence-electron chi connectivity index (χ2n) is 4.53. The van der Waals surface area contributed by atoms with Gasteiger partial charge in [0, 0.05) is 23.6 Å². The highest BCUT2D eigenvalue weighted by molar-refractivity contribution is 9.10. The number of ketones is 1. The number of halogens is 1. The molecule has 1 aliphatic heterocycles. The van der Waals surface area contributed by atoms with Crippen molar-refractivity contribution in [1.29, 1.82) is 0 Å². The third kappa shape index (κ3) is 2.33. The number of amides is 1. The van der Waals surface area contributed by atoms with Crippen LogP contribution in [-0.4, -0.2) is 30.8 Å². The SMILES string of the molecule is CC(C)NCCN1C(=O)C(=O)c2cccc(Br)c21. The minimum Gasteiger partial charge on any atom is -0.313 e. The summed E-state index contributed by atoms with van der Waals surface area (Å²) in [7, 11) is 0. The Morgan fingerprint density at radius 3 is 2.72 bits per heavy atom. The van der Waals surface area contributed by atoms with Crippen LogP contribution in [-0.2, 0) is 4.79 Å². The van der Waals surface area contributed by atoms with E-state index < -0.39 is 11.7 Å². The van der Waals surface area contributed by atoms with Crippen molar-refractivity contribution in [3.05, 3.63) is 28.2 Å². The summed E-state index contributed by atoms with van der Waals surface area (Å²) >= 11 is 3.40. The molecule has 1 aromatic rings. The van der Waals surface area contributed by atoms with Crippen molar-refractivity contribution in [3.63, 3.8) is 0 Å². The van der Waals surface area contributed by atoms with E-state index in [1.54, 1.807) is 12.1 Å². The molecule has 0 unspecified atom stereocenters. The van der Waals surface area contributed by atoms with Gasteiger partial charge in [-0.3, -0.25) is 9.59 Å². The van der Waals surface area contributed by atoms with Crippen LogP contribution in [0.25, 0.3) is 0 Å². The number of hydrogen-bond acceptors (Lipinski definition) is 3. The van der Waals surface area contributed by atoms with Crippen molar-refractivity contribution in [2.45, 2.75) is 19.9 Å². The van der Waals surface area contributed by atoms with E-state index in [0.29, 0.717) is 30.4 Å². The van der Waals surface area contributed by atoms with Gasteiger partial charge in [0.1, 0.15) is 0 Å². The van der Waals surface area contributed by atoms with Crippen molar-refractivity contribution in [3.8, 4) is 0 Å². The molecule has 1 amide bonds. The maximum Gasteiger partial charge on any atom is 0.299 e. The van der Waals surface area contributed by atoms with Crippen molar-refractivity contribution in [2.75, 3.05) is 18.0 Å². The van der Waals surface area contributed by atoms with Crippen LogP contribution >= 0.6 is 15.9 Å². The number of anilines is 1. The third-order valence-corrected chi connectivity index (χ3v) is 3.47. The number of para-hydroxylation sites is 1. The lowest BCUT2D eigenvalue weighted by Crippen LogP contribution is -2.38. The molecule has 0 aliphatic carbocycles. The number of benzene rings is 1. The first kappa shape index (κ1) is 13.2. The monoisotopic (exact) mass is 310 g/mol. The highest BCUT2D eigenvalue weighted by atomic mass is 79.9. The molecule has 0 atom stereocenters. The average Bonchev–Trinajstić information content (AvgIpc) is 2.55. The van der Waals surface area contributed by atoms with E-state index in [4.69, 9.17) is 0 Å². The zero-order valence-corrected chi connectivity index (χ0v) is 12.0. The maximum absolute atomic E-state index is 11.9. The summed E-state index contributed by atoms with van der Waals surface area (Å²) in [6.07, 6.45) is 0. The highest BCUT2D eigenvalue weighted by Gasteiger charge is 2.36. The zero-order chi connectivity index (χ0) is 13.3. The lowest BCUT2D eigenvalue weighted by Gasteiger charge is -2.18. The van der Waals surface area contributed by atoms with Crippen LogP contribution < -0.4 is 10.2 Å². The van der Waals surface area contributed by atoms with Crippen molar-refractivity contribution >= 4 is 33.3 Å². The van der Waals surface area contributed by atoms with Crippen molar-refractivity contribution in [1.82, 2.24) is 5.32 Å². The summed E-state index contributed by atoms with van der Waals surface area (Å²) in [5.74, 6) is -0.863. The van der Waals surface area contributed by atoms with E-state index in [2.05, 4.69) is 21.2 Å². The Kier molecular flexibility index (Phi) is 3.82. The first-order valence-electron chi connectivity index (χ1n) is 5.90. The number of hydrogen-bond donors (Lipinski definition) is 1. The molecule has 1 heterocycles. The Labute approximate surface area is 114 Å². The molecule has 1 N–H and O–H groups in total. The van der Waals surface area contributed by atoms with E-state index in [1.807, 2.05) is 19.9 Å². The molecule has 1 aliphatic rings. The molecular formula is C13H15BrN2O2. The normalized spacial score (nSPS) is 14.6. The number of Topliss-reactive ketones (excluding diaryl/α,β-unsaturated/α-hetero) is 1. The Bertz CT molecular complexity index is 500. The standard InChI is InChI=1S/C13H15BrN2O2/c1-8(2)15-6-7-16-11-9(12(17)13(16)18)4-3-5-10(11)14/h3-5,8,15H,6-7H2,1-2H3. The molecule has 5 heteroatoms. The second kappa shape index (κ2) is 5.20.